The third kappa shape index (κ3) is 3.54. The van der Waals surface area contributed by atoms with Crippen molar-refractivity contribution in [3.05, 3.63) is 70.7 Å². The lowest BCUT2D eigenvalue weighted by Gasteiger charge is -2.10. The van der Waals surface area contributed by atoms with Crippen LogP contribution < -0.4 is 0 Å². The van der Waals surface area contributed by atoms with Gasteiger partial charge in [-0.3, -0.25) is 15.1 Å². The molecule has 0 N–H and O–H groups in total. The lowest BCUT2D eigenvalue weighted by atomic mass is 10.1. The van der Waals surface area contributed by atoms with Crippen LogP contribution in [0.5, 0.6) is 0 Å². The van der Waals surface area contributed by atoms with Crippen molar-refractivity contribution in [1.82, 2.24) is 15.0 Å². The summed E-state index contributed by atoms with van der Waals surface area (Å²) in [7, 11) is 0. The number of rotatable bonds is 5. The largest absolute Gasteiger partial charge is 0.462 e. The average molecular weight is 350 g/mol. The molecule has 0 radical (unpaired) electrons. The van der Waals surface area contributed by atoms with Crippen molar-refractivity contribution < 1.29 is 14.5 Å². The third-order valence-electron chi connectivity index (χ3n) is 3.56. The summed E-state index contributed by atoms with van der Waals surface area (Å²) in [5.41, 5.74) is 1.71. The lowest BCUT2D eigenvalue weighted by molar-refractivity contribution is -0.384. The van der Waals surface area contributed by atoms with Crippen molar-refractivity contribution in [2.45, 2.75) is 6.92 Å². The van der Waals surface area contributed by atoms with Crippen molar-refractivity contribution in [3.63, 3.8) is 0 Å². The number of hydrogen-bond acceptors (Lipinski definition) is 7. The van der Waals surface area contributed by atoms with E-state index in [-0.39, 0.29) is 17.9 Å². The number of hydrogen-bond donors (Lipinski definition) is 0. The van der Waals surface area contributed by atoms with Crippen molar-refractivity contribution in [3.8, 4) is 22.6 Å². The van der Waals surface area contributed by atoms with Crippen LogP contribution in [0.25, 0.3) is 22.6 Å². The fourth-order valence-electron chi connectivity index (χ4n) is 2.34. The Bertz CT molecular complexity index is 943. The summed E-state index contributed by atoms with van der Waals surface area (Å²) in [6.07, 6.45) is 4.64. The Balaban J connectivity index is 2.12. The number of aromatic nitrogens is 3. The zero-order valence-corrected chi connectivity index (χ0v) is 13.8. The van der Waals surface area contributed by atoms with Crippen molar-refractivity contribution in [1.29, 1.82) is 0 Å². The van der Waals surface area contributed by atoms with E-state index in [2.05, 4.69) is 15.0 Å². The molecule has 0 spiro atoms. The smallest absolute Gasteiger partial charge is 0.341 e. The third-order valence-corrected chi connectivity index (χ3v) is 3.56. The Morgan fingerprint density at radius 1 is 1.15 bits per heavy atom. The van der Waals surface area contributed by atoms with E-state index in [4.69, 9.17) is 4.74 Å². The van der Waals surface area contributed by atoms with Gasteiger partial charge in [0.05, 0.1) is 17.2 Å². The van der Waals surface area contributed by atoms with Crippen molar-refractivity contribution >= 4 is 11.7 Å². The standard InChI is InChI=1S/C18H14N4O4/c1-2-26-18(23)15-11-20-17(13-4-3-9-19-10-13)21-16(15)12-5-7-14(8-6-12)22(24)25/h3-11H,2H2,1H3. The summed E-state index contributed by atoms with van der Waals surface area (Å²) in [5.74, 6) is -0.168. The molecule has 2 heterocycles. The van der Waals surface area contributed by atoms with Crippen molar-refractivity contribution in [2.24, 2.45) is 0 Å². The molecule has 0 amide bonds. The van der Waals surface area contributed by atoms with Gasteiger partial charge in [0.25, 0.3) is 5.69 Å². The first-order valence-corrected chi connectivity index (χ1v) is 7.79. The van der Waals surface area contributed by atoms with Crippen LogP contribution in [0.15, 0.2) is 55.0 Å². The first-order valence-electron chi connectivity index (χ1n) is 7.79. The zero-order chi connectivity index (χ0) is 18.5. The highest BCUT2D eigenvalue weighted by Gasteiger charge is 2.18. The van der Waals surface area contributed by atoms with Crippen LogP contribution in [-0.2, 0) is 4.74 Å². The molecule has 0 fully saturated rings. The molecule has 0 aliphatic rings. The molecular weight excluding hydrogens is 336 g/mol. The molecule has 3 rings (SSSR count). The second-order valence-electron chi connectivity index (χ2n) is 5.22. The molecule has 0 atom stereocenters. The predicted octanol–water partition coefficient (Wildman–Crippen LogP) is 3.29. The highest BCUT2D eigenvalue weighted by Crippen LogP contribution is 2.26. The average Bonchev–Trinajstić information content (AvgIpc) is 2.68. The summed E-state index contributed by atoms with van der Waals surface area (Å²) in [4.78, 5) is 35.3. The fraction of sp³-hybridized carbons (Fsp3) is 0.111. The predicted molar refractivity (Wildman–Crippen MR) is 93.3 cm³/mol. The number of carbonyl (C=O) groups excluding carboxylic acids is 1. The highest BCUT2D eigenvalue weighted by atomic mass is 16.6. The Morgan fingerprint density at radius 3 is 2.54 bits per heavy atom. The summed E-state index contributed by atoms with van der Waals surface area (Å²) in [6, 6.07) is 9.34. The molecule has 0 aliphatic heterocycles. The minimum absolute atomic E-state index is 0.0482. The van der Waals surface area contributed by atoms with E-state index in [0.29, 0.717) is 22.6 Å². The maximum atomic E-state index is 12.2. The maximum Gasteiger partial charge on any atom is 0.341 e. The molecule has 0 aliphatic carbocycles. The van der Waals surface area contributed by atoms with Crippen LogP contribution in [0.3, 0.4) is 0 Å². The summed E-state index contributed by atoms with van der Waals surface area (Å²) < 4.78 is 5.06. The number of esters is 1. The second-order valence-corrected chi connectivity index (χ2v) is 5.22. The van der Waals surface area contributed by atoms with Gasteiger partial charge in [-0.05, 0) is 31.2 Å². The Kier molecular flexibility index (Phi) is 4.93. The van der Waals surface area contributed by atoms with Gasteiger partial charge < -0.3 is 4.74 Å². The number of carbonyl (C=O) groups is 1. The van der Waals surface area contributed by atoms with Crippen molar-refractivity contribution in [2.75, 3.05) is 6.61 Å². The van der Waals surface area contributed by atoms with Gasteiger partial charge in [0.2, 0.25) is 0 Å². The Morgan fingerprint density at radius 2 is 1.92 bits per heavy atom. The topological polar surface area (TPSA) is 108 Å². The number of pyridine rings is 1. The van der Waals surface area contributed by atoms with E-state index in [9.17, 15) is 14.9 Å². The number of nitro groups is 1. The monoisotopic (exact) mass is 350 g/mol. The molecule has 8 nitrogen and oxygen atoms in total. The van der Waals surface area contributed by atoms with Gasteiger partial charge in [0, 0.05) is 41.9 Å². The van der Waals surface area contributed by atoms with Crippen LogP contribution in [0, 0.1) is 10.1 Å². The van der Waals surface area contributed by atoms with Gasteiger partial charge >= 0.3 is 5.97 Å². The van der Waals surface area contributed by atoms with Gasteiger partial charge in [-0.1, -0.05) is 0 Å². The van der Waals surface area contributed by atoms with Crippen LogP contribution in [0.4, 0.5) is 5.69 Å². The fourth-order valence-corrected chi connectivity index (χ4v) is 2.34. The number of non-ortho nitro benzene ring substituents is 1. The normalized spacial score (nSPS) is 10.3. The number of nitro benzene ring substituents is 1. The maximum absolute atomic E-state index is 12.2. The Hall–Kier alpha value is -3.68. The van der Waals surface area contributed by atoms with E-state index in [0.717, 1.165) is 0 Å². The number of nitrogens with zero attached hydrogens (tertiary/aromatic N) is 4. The molecule has 0 bridgehead atoms. The first kappa shape index (κ1) is 17.2. The van der Waals surface area contributed by atoms with E-state index in [1.54, 1.807) is 31.5 Å². The highest BCUT2D eigenvalue weighted by molar-refractivity contribution is 5.96. The first-order chi connectivity index (χ1) is 12.6. The number of ether oxygens (including phenoxy) is 1. The molecule has 0 unspecified atom stereocenters. The molecule has 0 saturated heterocycles. The molecule has 3 aromatic rings. The van der Waals surface area contributed by atoms with E-state index >= 15 is 0 Å². The molecule has 8 heteroatoms. The van der Waals surface area contributed by atoms with Crippen LogP contribution in [-0.4, -0.2) is 32.5 Å². The quantitative estimate of drug-likeness (QED) is 0.394. The summed E-state index contributed by atoms with van der Waals surface area (Å²) in [5, 5.41) is 10.8. The van der Waals surface area contributed by atoms with Crippen LogP contribution >= 0.6 is 0 Å². The minimum Gasteiger partial charge on any atom is -0.462 e. The molecule has 130 valence electrons. The van der Waals surface area contributed by atoms with Gasteiger partial charge in [-0.2, -0.15) is 0 Å². The van der Waals surface area contributed by atoms with Gasteiger partial charge in [0.15, 0.2) is 5.82 Å². The minimum atomic E-state index is -0.557. The number of benzene rings is 1. The van der Waals surface area contributed by atoms with E-state index < -0.39 is 10.9 Å². The molecule has 1 aromatic carbocycles. The summed E-state index contributed by atoms with van der Waals surface area (Å²) >= 11 is 0. The molecule has 0 saturated carbocycles. The Labute approximate surface area is 148 Å². The molecule has 26 heavy (non-hydrogen) atoms. The summed E-state index contributed by atoms with van der Waals surface area (Å²) in [6.45, 7) is 1.91. The molecule has 2 aromatic heterocycles. The SMILES string of the molecule is CCOC(=O)c1cnc(-c2cccnc2)nc1-c1ccc([N+](=O)[O-])cc1. The van der Waals surface area contributed by atoms with Crippen LogP contribution in [0.2, 0.25) is 0 Å². The van der Waals surface area contributed by atoms with Crippen LogP contribution in [0.1, 0.15) is 17.3 Å². The molecular formula is C18H14N4O4. The van der Waals surface area contributed by atoms with Gasteiger partial charge in [0.1, 0.15) is 5.56 Å². The van der Waals surface area contributed by atoms with Gasteiger partial charge in [-0.25, -0.2) is 14.8 Å². The van der Waals surface area contributed by atoms with E-state index in [1.807, 2.05) is 0 Å². The van der Waals surface area contributed by atoms with Gasteiger partial charge in [-0.15, -0.1) is 0 Å². The lowest BCUT2D eigenvalue weighted by Crippen LogP contribution is -2.09. The zero-order valence-electron chi connectivity index (χ0n) is 13.8. The second kappa shape index (κ2) is 7.47. The van der Waals surface area contributed by atoms with E-state index in [1.165, 1.54) is 30.5 Å².